The summed E-state index contributed by atoms with van der Waals surface area (Å²) < 4.78 is 48.0. The molecule has 3 aromatic heterocycles. The quantitative estimate of drug-likeness (QED) is 0.297. The van der Waals surface area contributed by atoms with Gasteiger partial charge in [-0.25, -0.2) is 9.97 Å². The van der Waals surface area contributed by atoms with Crippen molar-refractivity contribution >= 4 is 40.5 Å². The van der Waals surface area contributed by atoms with Crippen LogP contribution in [0.25, 0.3) is 11.4 Å². The van der Waals surface area contributed by atoms with Gasteiger partial charge in [0.15, 0.2) is 17.3 Å². The van der Waals surface area contributed by atoms with Crippen LogP contribution in [0.2, 0.25) is 5.02 Å². The van der Waals surface area contributed by atoms with E-state index in [0.29, 0.717) is 94.0 Å². The van der Waals surface area contributed by atoms with Crippen molar-refractivity contribution in [2.45, 2.75) is 70.0 Å². The SMILES string of the molecule is Cc1ncnc(C(=O)N2CCCC3(CCCc4c3c(=O)n3nc(C5=CCOCC5)nc3n4CC(=O)Nc3ccc(C(F)(F)F)cc3Cl)CC2)c1O. The Morgan fingerprint density at radius 2 is 1.92 bits per heavy atom. The molecule has 1 saturated heterocycles. The van der Waals surface area contributed by atoms with Gasteiger partial charge < -0.3 is 24.6 Å². The van der Waals surface area contributed by atoms with E-state index in [1.165, 1.54) is 10.8 Å². The van der Waals surface area contributed by atoms with Crippen LogP contribution in [0.5, 0.6) is 5.75 Å². The molecule has 1 spiro atoms. The maximum Gasteiger partial charge on any atom is 0.416 e. The summed E-state index contributed by atoms with van der Waals surface area (Å²) in [5.74, 6) is -0.789. The molecule has 0 bridgehead atoms. The molecule has 4 aromatic rings. The monoisotopic (exact) mass is 726 g/mol. The van der Waals surface area contributed by atoms with Crippen molar-refractivity contribution in [3.8, 4) is 5.75 Å². The first-order chi connectivity index (χ1) is 24.4. The number of carbonyl (C=O) groups excluding carboxylic acids is 2. The highest BCUT2D eigenvalue weighted by atomic mass is 35.5. The van der Waals surface area contributed by atoms with Gasteiger partial charge in [0.2, 0.25) is 11.7 Å². The molecule has 1 aromatic carbocycles. The van der Waals surface area contributed by atoms with Gasteiger partial charge in [-0.2, -0.15) is 22.7 Å². The molecule has 51 heavy (non-hydrogen) atoms. The second-order valence-corrected chi connectivity index (χ2v) is 13.5. The van der Waals surface area contributed by atoms with Crippen LogP contribution in [0.1, 0.15) is 77.4 Å². The number of nitrogens with one attached hydrogen (secondary N) is 1. The Bertz CT molecular complexity index is 2150. The van der Waals surface area contributed by atoms with E-state index >= 15 is 0 Å². The van der Waals surface area contributed by atoms with Gasteiger partial charge in [0.05, 0.1) is 35.2 Å². The molecule has 0 radical (unpaired) electrons. The molecule has 7 rings (SSSR count). The molecule has 5 heterocycles. The van der Waals surface area contributed by atoms with Crippen molar-refractivity contribution in [2.24, 2.45) is 0 Å². The Hall–Kier alpha value is -4.83. The number of likely N-dealkylation sites (tertiary alicyclic amines) is 1. The van der Waals surface area contributed by atoms with Gasteiger partial charge in [-0.3, -0.25) is 14.4 Å². The molecular formula is C34H34ClF3N8O5. The highest BCUT2D eigenvalue weighted by molar-refractivity contribution is 6.33. The summed E-state index contributed by atoms with van der Waals surface area (Å²) in [6.07, 6.45) is 2.42. The molecule has 1 atom stereocenters. The number of hydrogen-bond acceptors (Lipinski definition) is 9. The average Bonchev–Trinajstić information content (AvgIpc) is 3.46. The molecule has 2 aliphatic heterocycles. The molecule has 17 heteroatoms. The Labute approximate surface area is 294 Å². The van der Waals surface area contributed by atoms with Gasteiger partial charge in [0, 0.05) is 29.8 Å². The zero-order valence-corrected chi connectivity index (χ0v) is 28.4. The van der Waals surface area contributed by atoms with E-state index in [1.54, 1.807) is 16.4 Å². The van der Waals surface area contributed by atoms with Gasteiger partial charge in [0.25, 0.3) is 11.5 Å². The second kappa shape index (κ2) is 13.4. The van der Waals surface area contributed by atoms with Crippen LogP contribution >= 0.6 is 11.6 Å². The van der Waals surface area contributed by atoms with E-state index < -0.39 is 29.0 Å². The number of anilines is 1. The third-order valence-corrected chi connectivity index (χ3v) is 10.3. The Balaban J connectivity index is 1.27. The van der Waals surface area contributed by atoms with Gasteiger partial charge in [-0.1, -0.05) is 17.7 Å². The maximum absolute atomic E-state index is 14.5. The lowest BCUT2D eigenvalue weighted by molar-refractivity contribution is -0.137. The van der Waals surface area contributed by atoms with Crippen molar-refractivity contribution in [1.29, 1.82) is 0 Å². The molecule has 13 nitrogen and oxygen atoms in total. The lowest BCUT2D eigenvalue weighted by Crippen LogP contribution is -2.43. The van der Waals surface area contributed by atoms with Crippen molar-refractivity contribution in [3.63, 3.8) is 0 Å². The Kier molecular flexibility index (Phi) is 9.08. The molecule has 3 aliphatic rings. The number of hydrogen-bond donors (Lipinski definition) is 2. The molecule has 268 valence electrons. The zero-order valence-electron chi connectivity index (χ0n) is 27.6. The van der Waals surface area contributed by atoms with Crippen molar-refractivity contribution in [3.05, 3.63) is 80.0 Å². The van der Waals surface area contributed by atoms with Gasteiger partial charge >= 0.3 is 6.18 Å². The lowest BCUT2D eigenvalue weighted by atomic mass is 9.67. The van der Waals surface area contributed by atoms with E-state index in [9.17, 15) is 32.7 Å². The zero-order chi connectivity index (χ0) is 36.1. The summed E-state index contributed by atoms with van der Waals surface area (Å²) in [5, 5.41) is 17.5. The van der Waals surface area contributed by atoms with Crippen LogP contribution in [0, 0.1) is 6.92 Å². The number of aryl methyl sites for hydroxylation is 1. The molecule has 1 aliphatic carbocycles. The number of rotatable bonds is 5. The highest BCUT2D eigenvalue weighted by Gasteiger charge is 2.43. The molecule has 2 N–H and O–H groups in total. The first-order valence-electron chi connectivity index (χ1n) is 16.6. The topological polar surface area (TPSA) is 157 Å². The minimum absolute atomic E-state index is 0.00466. The van der Waals surface area contributed by atoms with Crippen molar-refractivity contribution < 1.29 is 32.6 Å². The van der Waals surface area contributed by atoms with Crippen molar-refractivity contribution in [1.82, 2.24) is 34.0 Å². The molecular weight excluding hydrogens is 693 g/mol. The number of carbonyl (C=O) groups is 2. The predicted octanol–water partition coefficient (Wildman–Crippen LogP) is 4.71. The van der Waals surface area contributed by atoms with E-state index in [1.807, 2.05) is 6.08 Å². The largest absolute Gasteiger partial charge is 0.504 e. The number of ether oxygens (including phenoxy) is 1. The smallest absolute Gasteiger partial charge is 0.416 e. The van der Waals surface area contributed by atoms with Crippen LogP contribution in [-0.4, -0.2) is 77.3 Å². The standard InChI is InChI=1S/C34H34ClF3N8O5/c1-19-28(48)27(40-18-39-19)31(50)44-12-3-10-33(11-13-44)9-2-4-24-26(33)30(49)46-32(42-29(43-46)20-7-14-51-15-8-20)45(24)17-25(47)41-23-6-5-21(16-22(23)35)34(36,37)38/h5-7,16,18,48H,2-4,8-15,17H2,1H3,(H,41,47). The fourth-order valence-corrected chi connectivity index (χ4v) is 7.67. The van der Waals surface area contributed by atoms with Gasteiger partial charge in [0.1, 0.15) is 12.9 Å². The van der Waals surface area contributed by atoms with Gasteiger partial charge in [-0.15, -0.1) is 5.10 Å². The lowest BCUT2D eigenvalue weighted by Gasteiger charge is -2.38. The Morgan fingerprint density at radius 3 is 2.67 bits per heavy atom. The van der Waals surface area contributed by atoms with E-state index in [4.69, 9.17) is 21.3 Å². The van der Waals surface area contributed by atoms with Gasteiger partial charge in [-0.05, 0) is 75.6 Å². The van der Waals surface area contributed by atoms with Crippen LogP contribution < -0.4 is 10.9 Å². The summed E-state index contributed by atoms with van der Waals surface area (Å²) >= 11 is 6.15. The third kappa shape index (κ3) is 6.46. The average molecular weight is 727 g/mol. The van der Waals surface area contributed by atoms with Crippen LogP contribution in [0.3, 0.4) is 0 Å². The number of alkyl halides is 3. The van der Waals surface area contributed by atoms with E-state index in [0.717, 1.165) is 23.8 Å². The minimum atomic E-state index is -4.60. The molecule has 1 fully saturated rings. The van der Waals surface area contributed by atoms with E-state index in [2.05, 4.69) is 20.4 Å². The van der Waals surface area contributed by atoms with Crippen LogP contribution in [-0.2, 0) is 34.1 Å². The second-order valence-electron chi connectivity index (χ2n) is 13.1. The minimum Gasteiger partial charge on any atom is -0.504 e. The number of halogens is 4. The number of fused-ring (bicyclic) bond motifs is 3. The third-order valence-electron chi connectivity index (χ3n) is 10.0. The summed E-state index contributed by atoms with van der Waals surface area (Å²) in [6.45, 7) is 2.77. The van der Waals surface area contributed by atoms with Crippen LogP contribution in [0.15, 0.2) is 35.4 Å². The number of benzene rings is 1. The normalized spacial score (nSPS) is 19.5. The number of aromatic nitrogens is 6. The number of nitrogens with zero attached hydrogens (tertiary/aromatic N) is 7. The summed E-state index contributed by atoms with van der Waals surface area (Å²) in [7, 11) is 0. The fourth-order valence-electron chi connectivity index (χ4n) is 7.44. The highest BCUT2D eigenvalue weighted by Crippen LogP contribution is 2.44. The van der Waals surface area contributed by atoms with E-state index in [-0.39, 0.29) is 40.0 Å². The molecule has 2 amide bonds. The summed E-state index contributed by atoms with van der Waals surface area (Å²) in [5.41, 5.74) is 0.195. The molecule has 1 unspecified atom stereocenters. The maximum atomic E-state index is 14.5. The van der Waals surface area contributed by atoms with Crippen molar-refractivity contribution in [2.75, 3.05) is 31.6 Å². The first-order valence-corrected chi connectivity index (χ1v) is 17.0. The predicted molar refractivity (Wildman–Crippen MR) is 179 cm³/mol. The fraction of sp³-hybridized carbons (Fsp3) is 0.441. The Morgan fingerprint density at radius 1 is 1.12 bits per heavy atom. The number of aromatic hydroxyl groups is 1. The number of amides is 2. The van der Waals surface area contributed by atoms with Crippen LogP contribution in [0.4, 0.5) is 18.9 Å². The molecule has 0 saturated carbocycles. The summed E-state index contributed by atoms with van der Waals surface area (Å²) in [4.78, 5) is 56.0. The summed E-state index contributed by atoms with van der Waals surface area (Å²) in [6, 6.07) is 2.69. The first kappa shape index (κ1) is 34.6.